The number of hydrogen-bond acceptors (Lipinski definition) is 5. The van der Waals surface area contributed by atoms with Crippen molar-refractivity contribution in [3.63, 3.8) is 0 Å². The Labute approximate surface area is 132 Å². The number of ether oxygens (including phenoxy) is 2. The normalized spacial score (nSPS) is 11.5. The molecule has 0 spiro atoms. The molecule has 0 unspecified atom stereocenters. The first-order chi connectivity index (χ1) is 9.87. The third kappa shape index (κ3) is 4.75. The smallest absolute Gasteiger partial charge is 0.399 e. The monoisotopic (exact) mass is 354 g/mol. The van der Waals surface area contributed by atoms with Crippen molar-refractivity contribution in [2.24, 2.45) is 0 Å². The summed E-state index contributed by atoms with van der Waals surface area (Å²) in [5.41, 5.74) is 0.823. The lowest BCUT2D eigenvalue weighted by Gasteiger charge is -2.19. The summed E-state index contributed by atoms with van der Waals surface area (Å²) in [6.45, 7) is 6.91. The number of methoxy groups -OCH3 is 1. The summed E-state index contributed by atoms with van der Waals surface area (Å²) in [4.78, 5) is 4.29. The van der Waals surface area contributed by atoms with E-state index in [0.717, 1.165) is 15.9 Å². The molecule has 1 N–H and O–H groups in total. The Bertz CT molecular complexity index is 605. The van der Waals surface area contributed by atoms with Crippen LogP contribution in [0.5, 0.6) is 17.6 Å². The Morgan fingerprint density at radius 3 is 2.71 bits per heavy atom. The van der Waals surface area contributed by atoms with Gasteiger partial charge in [0.1, 0.15) is 17.8 Å². The van der Waals surface area contributed by atoms with Gasteiger partial charge in [0.25, 0.3) is 0 Å². The third-order valence-electron chi connectivity index (χ3n) is 2.67. The van der Waals surface area contributed by atoms with Crippen molar-refractivity contribution in [1.82, 2.24) is 10.3 Å². The maximum atomic E-state index is 5.61. The maximum absolute atomic E-state index is 5.61. The molecule has 0 bridgehead atoms. The lowest BCUT2D eigenvalue weighted by atomic mass is 10.1. The summed E-state index contributed by atoms with van der Waals surface area (Å²) in [7, 11) is 1.62. The molecule has 0 aliphatic heterocycles. The number of nitrogens with zero attached hydrogens (tertiary/aromatic N) is 1. The lowest BCUT2D eigenvalue weighted by Crippen LogP contribution is -2.35. The van der Waals surface area contributed by atoms with Crippen molar-refractivity contribution in [2.45, 2.75) is 32.9 Å². The van der Waals surface area contributed by atoms with E-state index in [0.29, 0.717) is 12.3 Å². The Balaban J connectivity index is 2.02. The average Bonchev–Trinajstić information content (AvgIpc) is 2.86. The summed E-state index contributed by atoms with van der Waals surface area (Å²) in [6, 6.07) is 5.42. The van der Waals surface area contributed by atoms with Gasteiger partial charge in [-0.05, 0) is 54.9 Å². The Kier molecular flexibility index (Phi) is 4.90. The van der Waals surface area contributed by atoms with E-state index in [9.17, 15) is 0 Å². The molecule has 114 valence electrons. The molecule has 6 heteroatoms. The van der Waals surface area contributed by atoms with Crippen molar-refractivity contribution < 1.29 is 13.9 Å². The highest BCUT2D eigenvalue weighted by Gasteiger charge is 2.13. The third-order valence-corrected chi connectivity index (χ3v) is 3.29. The summed E-state index contributed by atoms with van der Waals surface area (Å²) < 4.78 is 16.8. The fourth-order valence-electron chi connectivity index (χ4n) is 1.56. The van der Waals surface area contributed by atoms with Crippen LogP contribution in [-0.2, 0) is 6.54 Å². The molecule has 2 aromatic rings. The first kappa shape index (κ1) is 15.9. The second kappa shape index (κ2) is 6.49. The molecule has 1 aromatic heterocycles. The van der Waals surface area contributed by atoms with E-state index in [-0.39, 0.29) is 11.6 Å². The standard InChI is InChI=1S/C15H19BrN2O3/c1-15(2,3)17-8-10-9-20-14(18-10)21-13-6-5-11(19-4)7-12(13)16/h5-7,9,17H,8H2,1-4H3. The number of oxazole rings is 1. The quantitative estimate of drug-likeness (QED) is 0.874. The summed E-state index contributed by atoms with van der Waals surface area (Å²) in [5.74, 6) is 1.37. The Morgan fingerprint density at radius 2 is 2.10 bits per heavy atom. The van der Waals surface area contributed by atoms with Gasteiger partial charge in [0, 0.05) is 12.1 Å². The maximum Gasteiger partial charge on any atom is 0.399 e. The van der Waals surface area contributed by atoms with Crippen molar-refractivity contribution in [3.05, 3.63) is 34.6 Å². The molecule has 0 aliphatic carbocycles. The van der Waals surface area contributed by atoms with Gasteiger partial charge in [0.2, 0.25) is 0 Å². The Morgan fingerprint density at radius 1 is 1.33 bits per heavy atom. The first-order valence-corrected chi connectivity index (χ1v) is 7.37. The van der Waals surface area contributed by atoms with E-state index in [1.165, 1.54) is 0 Å². The largest absolute Gasteiger partial charge is 0.497 e. The van der Waals surface area contributed by atoms with Gasteiger partial charge in [-0.1, -0.05) is 0 Å². The minimum absolute atomic E-state index is 0.0268. The summed E-state index contributed by atoms with van der Waals surface area (Å²) in [6.07, 6.45) is 1.80. The zero-order valence-corrected chi connectivity index (χ0v) is 14.2. The number of hydrogen-bond donors (Lipinski definition) is 1. The van der Waals surface area contributed by atoms with Crippen LogP contribution in [0.15, 0.2) is 33.4 Å². The average molecular weight is 355 g/mol. The van der Waals surface area contributed by atoms with Crippen LogP contribution in [0.3, 0.4) is 0 Å². The molecule has 1 aromatic carbocycles. The van der Waals surface area contributed by atoms with Crippen molar-refractivity contribution in [3.8, 4) is 17.6 Å². The topological polar surface area (TPSA) is 56.5 Å². The lowest BCUT2D eigenvalue weighted by molar-refractivity contribution is 0.328. The summed E-state index contributed by atoms with van der Waals surface area (Å²) in [5, 5.41) is 3.34. The summed E-state index contributed by atoms with van der Waals surface area (Å²) >= 11 is 3.42. The predicted octanol–water partition coefficient (Wildman–Crippen LogP) is 4.13. The molecule has 0 saturated carbocycles. The minimum Gasteiger partial charge on any atom is -0.497 e. The van der Waals surface area contributed by atoms with Crippen molar-refractivity contribution >= 4 is 15.9 Å². The van der Waals surface area contributed by atoms with Crippen LogP contribution in [0.4, 0.5) is 0 Å². The zero-order valence-electron chi connectivity index (χ0n) is 12.6. The highest BCUT2D eigenvalue weighted by atomic mass is 79.9. The van der Waals surface area contributed by atoms with Gasteiger partial charge < -0.3 is 19.2 Å². The predicted molar refractivity (Wildman–Crippen MR) is 83.9 cm³/mol. The Hall–Kier alpha value is -1.53. The molecule has 21 heavy (non-hydrogen) atoms. The molecule has 2 rings (SSSR count). The van der Waals surface area contributed by atoms with Gasteiger partial charge in [0.15, 0.2) is 0 Å². The van der Waals surface area contributed by atoms with E-state index in [1.807, 2.05) is 12.1 Å². The number of rotatable bonds is 5. The number of nitrogens with one attached hydrogen (secondary N) is 1. The minimum atomic E-state index is 0.0268. The number of halogens is 1. The van der Waals surface area contributed by atoms with Crippen LogP contribution < -0.4 is 14.8 Å². The highest BCUT2D eigenvalue weighted by Crippen LogP contribution is 2.32. The molecular formula is C15H19BrN2O3. The zero-order chi connectivity index (χ0) is 15.5. The second-order valence-electron chi connectivity index (χ2n) is 5.61. The fraction of sp³-hybridized carbons (Fsp3) is 0.400. The van der Waals surface area contributed by atoms with E-state index < -0.39 is 0 Å². The molecule has 0 saturated heterocycles. The van der Waals surface area contributed by atoms with Crippen LogP contribution in [0.2, 0.25) is 0 Å². The first-order valence-electron chi connectivity index (χ1n) is 6.58. The van der Waals surface area contributed by atoms with Crippen molar-refractivity contribution in [1.29, 1.82) is 0 Å². The van der Waals surface area contributed by atoms with Crippen LogP contribution in [0, 0.1) is 0 Å². The molecule has 0 amide bonds. The molecule has 0 radical (unpaired) electrons. The van der Waals surface area contributed by atoms with E-state index in [2.05, 4.69) is 47.0 Å². The van der Waals surface area contributed by atoms with E-state index in [1.54, 1.807) is 19.4 Å². The fourth-order valence-corrected chi connectivity index (χ4v) is 2.00. The van der Waals surface area contributed by atoms with Gasteiger partial charge in [-0.3, -0.25) is 0 Å². The van der Waals surface area contributed by atoms with Crippen molar-refractivity contribution in [2.75, 3.05) is 7.11 Å². The number of aromatic nitrogens is 1. The molecule has 0 atom stereocenters. The molecular weight excluding hydrogens is 336 g/mol. The number of benzene rings is 1. The van der Waals surface area contributed by atoms with Crippen LogP contribution in [-0.4, -0.2) is 17.6 Å². The van der Waals surface area contributed by atoms with E-state index in [4.69, 9.17) is 13.9 Å². The van der Waals surface area contributed by atoms with Crippen LogP contribution in [0.25, 0.3) is 0 Å². The second-order valence-corrected chi connectivity index (χ2v) is 6.46. The van der Waals surface area contributed by atoms with Gasteiger partial charge in [-0.25, -0.2) is 0 Å². The van der Waals surface area contributed by atoms with Gasteiger partial charge in [-0.15, -0.1) is 0 Å². The SMILES string of the molecule is COc1ccc(Oc2nc(CNC(C)(C)C)co2)c(Br)c1. The van der Waals surface area contributed by atoms with Gasteiger partial charge in [-0.2, -0.15) is 4.98 Å². The molecule has 5 nitrogen and oxygen atoms in total. The van der Waals surface area contributed by atoms with Crippen LogP contribution >= 0.6 is 15.9 Å². The molecule has 0 fully saturated rings. The van der Waals surface area contributed by atoms with Gasteiger partial charge in [0.05, 0.1) is 17.3 Å². The highest BCUT2D eigenvalue weighted by molar-refractivity contribution is 9.10. The van der Waals surface area contributed by atoms with Gasteiger partial charge >= 0.3 is 6.08 Å². The molecule has 0 aliphatic rings. The molecule has 1 heterocycles. The van der Waals surface area contributed by atoms with E-state index >= 15 is 0 Å². The van der Waals surface area contributed by atoms with Crippen LogP contribution in [0.1, 0.15) is 26.5 Å².